The largest absolute Gasteiger partial charge is 0.493 e. The number of nitrogens with zero attached hydrogens (tertiary/aromatic N) is 1. The number of hydrogen-bond acceptors (Lipinski definition) is 3. The van der Waals surface area contributed by atoms with Crippen LogP contribution in [0.5, 0.6) is 11.5 Å². The summed E-state index contributed by atoms with van der Waals surface area (Å²) in [7, 11) is 1.68. The van der Waals surface area contributed by atoms with Gasteiger partial charge in [0, 0.05) is 24.5 Å². The van der Waals surface area contributed by atoms with Gasteiger partial charge in [0.15, 0.2) is 11.5 Å². The van der Waals surface area contributed by atoms with Gasteiger partial charge >= 0.3 is 0 Å². The van der Waals surface area contributed by atoms with Gasteiger partial charge in [-0.05, 0) is 25.0 Å². The Morgan fingerprint density at radius 2 is 1.81 bits per heavy atom. The topological polar surface area (TPSA) is 21.7 Å². The summed E-state index contributed by atoms with van der Waals surface area (Å²) in [5.74, 6) is 1.64. The summed E-state index contributed by atoms with van der Waals surface area (Å²) in [5, 5.41) is 1.03. The number of rotatable bonds is 8. The molecule has 0 saturated heterocycles. The Hall–Kier alpha value is -0.740. The summed E-state index contributed by atoms with van der Waals surface area (Å²) >= 11 is 3.57. The first kappa shape index (κ1) is 16.6. The van der Waals surface area contributed by atoms with Gasteiger partial charge in [-0.2, -0.15) is 0 Å². The fraction of sp³-hybridized carbons (Fsp3) is 0.647. The van der Waals surface area contributed by atoms with Crippen LogP contribution in [0, 0.1) is 0 Å². The molecule has 0 amide bonds. The first-order valence-electron chi connectivity index (χ1n) is 7.91. The molecule has 0 spiro atoms. The van der Waals surface area contributed by atoms with Crippen LogP contribution >= 0.6 is 15.9 Å². The van der Waals surface area contributed by atoms with Crippen LogP contribution in [0.3, 0.4) is 0 Å². The van der Waals surface area contributed by atoms with Crippen LogP contribution in [-0.2, 0) is 0 Å². The van der Waals surface area contributed by atoms with Crippen LogP contribution in [0.2, 0.25) is 0 Å². The molecule has 0 N–H and O–H groups in total. The average Bonchev–Trinajstić information content (AvgIpc) is 2.55. The van der Waals surface area contributed by atoms with Gasteiger partial charge in [0.05, 0.1) is 7.11 Å². The predicted molar refractivity (Wildman–Crippen MR) is 90.7 cm³/mol. The number of alkyl halides is 1. The lowest BCUT2D eigenvalue weighted by Gasteiger charge is -2.33. The van der Waals surface area contributed by atoms with Gasteiger partial charge in [0.2, 0.25) is 0 Å². The normalized spacial score (nSPS) is 16.1. The highest BCUT2D eigenvalue weighted by atomic mass is 79.9. The molecule has 1 fully saturated rings. The average molecular weight is 356 g/mol. The summed E-state index contributed by atoms with van der Waals surface area (Å²) in [6.45, 7) is 2.79. The predicted octanol–water partition coefficient (Wildman–Crippen LogP) is 4.10. The van der Waals surface area contributed by atoms with Crippen molar-refractivity contribution in [3.8, 4) is 11.5 Å². The highest BCUT2D eigenvalue weighted by Gasteiger charge is 2.20. The molecule has 1 aromatic rings. The Balaban J connectivity index is 1.83. The van der Waals surface area contributed by atoms with Crippen LogP contribution in [0.1, 0.15) is 32.1 Å². The summed E-state index contributed by atoms with van der Waals surface area (Å²) in [6, 6.07) is 8.58. The van der Waals surface area contributed by atoms with E-state index in [1.807, 2.05) is 24.3 Å². The second kappa shape index (κ2) is 9.31. The number of hydrogen-bond donors (Lipinski definition) is 0. The molecule has 21 heavy (non-hydrogen) atoms. The minimum atomic E-state index is 0.712. The van der Waals surface area contributed by atoms with E-state index >= 15 is 0 Å². The molecule has 1 aliphatic carbocycles. The van der Waals surface area contributed by atoms with Crippen LogP contribution in [0.4, 0.5) is 0 Å². The minimum absolute atomic E-state index is 0.712. The quantitative estimate of drug-likeness (QED) is 0.655. The lowest BCUT2D eigenvalue weighted by molar-refractivity contribution is 0.137. The SMILES string of the molecule is COc1ccccc1OCCN(CCBr)C1CCCCC1. The van der Waals surface area contributed by atoms with Gasteiger partial charge in [-0.1, -0.05) is 47.3 Å². The molecular weight excluding hydrogens is 330 g/mol. The van der Waals surface area contributed by atoms with Crippen molar-refractivity contribution < 1.29 is 9.47 Å². The zero-order valence-electron chi connectivity index (χ0n) is 12.9. The van der Waals surface area contributed by atoms with E-state index in [0.29, 0.717) is 6.61 Å². The molecule has 2 rings (SSSR count). The van der Waals surface area contributed by atoms with Crippen LogP contribution in [-0.4, -0.2) is 43.1 Å². The van der Waals surface area contributed by atoms with Crippen molar-refractivity contribution in [3.05, 3.63) is 24.3 Å². The van der Waals surface area contributed by atoms with E-state index in [4.69, 9.17) is 9.47 Å². The monoisotopic (exact) mass is 355 g/mol. The third kappa shape index (κ3) is 5.19. The molecule has 0 aliphatic heterocycles. The molecule has 3 nitrogen and oxygen atoms in total. The first-order valence-corrected chi connectivity index (χ1v) is 9.03. The number of methoxy groups -OCH3 is 1. The Labute approximate surface area is 136 Å². The maximum atomic E-state index is 5.91. The fourth-order valence-corrected chi connectivity index (χ4v) is 3.50. The first-order chi connectivity index (χ1) is 10.3. The molecule has 0 radical (unpaired) electrons. The third-order valence-corrected chi connectivity index (χ3v) is 4.52. The maximum Gasteiger partial charge on any atom is 0.161 e. The van der Waals surface area contributed by atoms with E-state index in [9.17, 15) is 0 Å². The van der Waals surface area contributed by atoms with Crippen molar-refractivity contribution >= 4 is 15.9 Å². The van der Waals surface area contributed by atoms with Crippen LogP contribution in [0.15, 0.2) is 24.3 Å². The van der Waals surface area contributed by atoms with E-state index in [2.05, 4.69) is 20.8 Å². The van der Waals surface area contributed by atoms with Gasteiger partial charge in [-0.3, -0.25) is 4.90 Å². The molecule has 0 unspecified atom stereocenters. The Morgan fingerprint density at radius 3 is 2.48 bits per heavy atom. The van der Waals surface area contributed by atoms with E-state index in [-0.39, 0.29) is 0 Å². The second-order valence-corrected chi connectivity index (χ2v) is 6.31. The lowest BCUT2D eigenvalue weighted by atomic mass is 9.94. The van der Waals surface area contributed by atoms with Crippen molar-refractivity contribution in [1.82, 2.24) is 4.90 Å². The standard InChI is InChI=1S/C17H26BrNO2/c1-20-16-9-5-6-10-17(16)21-14-13-19(12-11-18)15-7-3-2-4-8-15/h5-6,9-10,15H,2-4,7-8,11-14H2,1H3. The molecule has 4 heteroatoms. The summed E-state index contributed by atoms with van der Waals surface area (Å²) in [5.41, 5.74) is 0. The maximum absolute atomic E-state index is 5.91. The van der Waals surface area contributed by atoms with Gasteiger partial charge in [-0.25, -0.2) is 0 Å². The van der Waals surface area contributed by atoms with Crippen molar-refractivity contribution in [2.75, 3.05) is 32.1 Å². The highest BCUT2D eigenvalue weighted by molar-refractivity contribution is 9.09. The minimum Gasteiger partial charge on any atom is -0.493 e. The van der Waals surface area contributed by atoms with E-state index < -0.39 is 0 Å². The summed E-state index contributed by atoms with van der Waals surface area (Å²) in [6.07, 6.45) is 6.81. The lowest BCUT2D eigenvalue weighted by Crippen LogP contribution is -2.40. The Kier molecular flexibility index (Phi) is 7.37. The van der Waals surface area contributed by atoms with E-state index in [1.54, 1.807) is 7.11 Å². The van der Waals surface area contributed by atoms with Crippen LogP contribution < -0.4 is 9.47 Å². The molecule has 118 valence electrons. The zero-order valence-corrected chi connectivity index (χ0v) is 14.5. The van der Waals surface area contributed by atoms with Crippen molar-refractivity contribution in [2.24, 2.45) is 0 Å². The molecular formula is C17H26BrNO2. The van der Waals surface area contributed by atoms with Crippen LogP contribution in [0.25, 0.3) is 0 Å². The molecule has 1 aliphatic rings. The third-order valence-electron chi connectivity index (χ3n) is 4.17. The molecule has 1 aromatic carbocycles. The zero-order chi connectivity index (χ0) is 14.9. The fourth-order valence-electron chi connectivity index (χ4n) is 3.04. The van der Waals surface area contributed by atoms with Gasteiger partial charge in [0.25, 0.3) is 0 Å². The van der Waals surface area contributed by atoms with Gasteiger partial charge < -0.3 is 9.47 Å². The highest BCUT2D eigenvalue weighted by Crippen LogP contribution is 2.26. The smallest absolute Gasteiger partial charge is 0.161 e. The van der Waals surface area contributed by atoms with Crippen molar-refractivity contribution in [2.45, 2.75) is 38.1 Å². The van der Waals surface area contributed by atoms with Gasteiger partial charge in [-0.15, -0.1) is 0 Å². The molecule has 0 bridgehead atoms. The molecule has 0 heterocycles. The summed E-state index contributed by atoms with van der Waals surface area (Å²) in [4.78, 5) is 2.57. The van der Waals surface area contributed by atoms with E-state index in [1.165, 1.54) is 32.1 Å². The molecule has 0 atom stereocenters. The van der Waals surface area contributed by atoms with E-state index in [0.717, 1.165) is 36.0 Å². The number of halogens is 1. The second-order valence-electron chi connectivity index (χ2n) is 5.52. The van der Waals surface area contributed by atoms with Crippen molar-refractivity contribution in [3.63, 3.8) is 0 Å². The number of para-hydroxylation sites is 2. The van der Waals surface area contributed by atoms with Gasteiger partial charge in [0.1, 0.15) is 6.61 Å². The van der Waals surface area contributed by atoms with Crippen molar-refractivity contribution in [1.29, 1.82) is 0 Å². The summed E-state index contributed by atoms with van der Waals surface area (Å²) < 4.78 is 11.2. The molecule has 1 saturated carbocycles. The Bertz CT molecular complexity index is 408. The molecule has 0 aromatic heterocycles. The number of benzene rings is 1. The Morgan fingerprint density at radius 1 is 1.10 bits per heavy atom. The number of ether oxygens (including phenoxy) is 2.